The summed E-state index contributed by atoms with van der Waals surface area (Å²) in [5.41, 5.74) is 1.30. The third kappa shape index (κ3) is 3.89. The van der Waals surface area contributed by atoms with E-state index >= 15 is 0 Å². The molecule has 1 N–H and O–H groups in total. The van der Waals surface area contributed by atoms with E-state index in [1.54, 1.807) is 30.7 Å². The van der Waals surface area contributed by atoms with Crippen LogP contribution in [0.3, 0.4) is 0 Å². The Bertz CT molecular complexity index is 1020. The van der Waals surface area contributed by atoms with Crippen molar-refractivity contribution in [2.45, 2.75) is 25.2 Å². The molecule has 2 aromatic rings. The van der Waals surface area contributed by atoms with Crippen molar-refractivity contribution in [1.82, 2.24) is 14.2 Å². The zero-order valence-corrected chi connectivity index (χ0v) is 17.9. The molecule has 1 amide bonds. The Morgan fingerprint density at radius 1 is 1.24 bits per heavy atom. The van der Waals surface area contributed by atoms with Crippen LogP contribution in [0.4, 0.5) is 0 Å². The molecule has 2 aliphatic heterocycles. The molecule has 0 bridgehead atoms. The van der Waals surface area contributed by atoms with Crippen LogP contribution in [0, 0.1) is 0 Å². The highest BCUT2D eigenvalue weighted by Crippen LogP contribution is 2.26. The number of para-hydroxylation sites is 1. The molecule has 0 saturated carbocycles. The number of aromatic nitrogens is 1. The van der Waals surface area contributed by atoms with Gasteiger partial charge in [-0.05, 0) is 19.1 Å². The second-order valence-electron chi connectivity index (χ2n) is 7.40. The summed E-state index contributed by atoms with van der Waals surface area (Å²) in [7, 11) is -1.47. The molecule has 158 valence electrons. The minimum Gasteiger partial charge on any atom is -0.372 e. The molecular formula is C19H24ClN3O5S. The van der Waals surface area contributed by atoms with Crippen molar-refractivity contribution >= 4 is 38.4 Å². The molecular weight excluding hydrogens is 418 g/mol. The van der Waals surface area contributed by atoms with Crippen molar-refractivity contribution < 1.29 is 22.7 Å². The number of sulfonamides is 1. The highest BCUT2D eigenvalue weighted by Gasteiger charge is 2.41. The summed E-state index contributed by atoms with van der Waals surface area (Å²) in [5.74, 6) is -0.181. The number of nitrogens with one attached hydrogen (secondary N) is 1. The fourth-order valence-corrected chi connectivity index (χ4v) is 5.32. The highest BCUT2D eigenvalue weighted by atomic mass is 35.5. The minimum atomic E-state index is -3.27. The Kier molecular flexibility index (Phi) is 5.60. The predicted octanol–water partition coefficient (Wildman–Crippen LogP) is 1.38. The molecule has 1 aromatic heterocycles. The summed E-state index contributed by atoms with van der Waals surface area (Å²) in [4.78, 5) is 12.8. The van der Waals surface area contributed by atoms with E-state index in [0.717, 1.165) is 10.9 Å². The second kappa shape index (κ2) is 7.88. The Morgan fingerprint density at radius 3 is 2.48 bits per heavy atom. The van der Waals surface area contributed by atoms with Crippen LogP contribution in [0.25, 0.3) is 10.9 Å². The topological polar surface area (TPSA) is 89.9 Å². The van der Waals surface area contributed by atoms with Crippen LogP contribution in [0.5, 0.6) is 0 Å². The number of amides is 1. The van der Waals surface area contributed by atoms with E-state index in [2.05, 4.69) is 5.32 Å². The first-order valence-corrected chi connectivity index (χ1v) is 11.5. The van der Waals surface area contributed by atoms with Gasteiger partial charge < -0.3 is 19.4 Å². The SMILES string of the molecule is CCS(=O)(=O)N1C[C@@H]2OCC(NC(=O)c3cc4cccc(Cl)c4n3C)CO[C@H]2C1. The van der Waals surface area contributed by atoms with Gasteiger partial charge in [0.25, 0.3) is 5.91 Å². The zero-order valence-electron chi connectivity index (χ0n) is 16.3. The molecule has 10 heteroatoms. The van der Waals surface area contributed by atoms with Crippen molar-refractivity contribution in [3.8, 4) is 0 Å². The zero-order chi connectivity index (χ0) is 20.8. The summed E-state index contributed by atoms with van der Waals surface area (Å²) < 4.78 is 39.1. The van der Waals surface area contributed by atoms with Crippen molar-refractivity contribution in [3.05, 3.63) is 35.0 Å². The normalized spacial score (nSPS) is 23.8. The van der Waals surface area contributed by atoms with Crippen LogP contribution in [-0.4, -0.2) is 73.5 Å². The predicted molar refractivity (Wildman–Crippen MR) is 110 cm³/mol. The first-order chi connectivity index (χ1) is 13.8. The van der Waals surface area contributed by atoms with Gasteiger partial charge in [0.2, 0.25) is 10.0 Å². The van der Waals surface area contributed by atoms with Gasteiger partial charge in [0.1, 0.15) is 5.69 Å². The first-order valence-electron chi connectivity index (χ1n) is 9.56. The fraction of sp³-hybridized carbons (Fsp3) is 0.526. The maximum Gasteiger partial charge on any atom is 0.268 e. The van der Waals surface area contributed by atoms with Crippen LogP contribution in [0.1, 0.15) is 17.4 Å². The van der Waals surface area contributed by atoms with E-state index in [1.807, 2.05) is 12.1 Å². The van der Waals surface area contributed by atoms with Gasteiger partial charge in [-0.3, -0.25) is 4.79 Å². The van der Waals surface area contributed by atoms with E-state index in [-0.39, 0.29) is 56.2 Å². The van der Waals surface area contributed by atoms with Gasteiger partial charge in [-0.15, -0.1) is 0 Å². The van der Waals surface area contributed by atoms with E-state index in [0.29, 0.717) is 10.7 Å². The van der Waals surface area contributed by atoms with Crippen molar-refractivity contribution in [3.63, 3.8) is 0 Å². The van der Waals surface area contributed by atoms with Crippen LogP contribution in [-0.2, 0) is 26.5 Å². The van der Waals surface area contributed by atoms with Crippen molar-refractivity contribution in [2.75, 3.05) is 32.1 Å². The van der Waals surface area contributed by atoms with Crippen LogP contribution in [0.15, 0.2) is 24.3 Å². The molecule has 2 atom stereocenters. The Morgan fingerprint density at radius 2 is 1.90 bits per heavy atom. The smallest absolute Gasteiger partial charge is 0.268 e. The fourth-order valence-electron chi connectivity index (χ4n) is 3.90. The summed E-state index contributed by atoms with van der Waals surface area (Å²) in [5, 5.41) is 4.43. The number of carbonyl (C=O) groups is 1. The number of carbonyl (C=O) groups excluding carboxylic acids is 1. The first kappa shape index (κ1) is 20.6. The molecule has 4 rings (SSSR count). The van der Waals surface area contributed by atoms with Gasteiger partial charge in [0, 0.05) is 25.5 Å². The largest absolute Gasteiger partial charge is 0.372 e. The molecule has 0 spiro atoms. The molecule has 0 radical (unpaired) electrons. The molecule has 2 aliphatic rings. The van der Waals surface area contributed by atoms with Crippen LogP contribution < -0.4 is 5.32 Å². The van der Waals surface area contributed by atoms with E-state index in [4.69, 9.17) is 21.1 Å². The number of nitrogens with zero attached hydrogens (tertiary/aromatic N) is 2. The second-order valence-corrected chi connectivity index (χ2v) is 10.1. The molecule has 8 nitrogen and oxygen atoms in total. The number of halogens is 1. The number of aryl methyl sites for hydroxylation is 1. The summed E-state index contributed by atoms with van der Waals surface area (Å²) in [6.07, 6.45) is -0.649. The van der Waals surface area contributed by atoms with E-state index < -0.39 is 10.0 Å². The molecule has 2 saturated heterocycles. The van der Waals surface area contributed by atoms with Gasteiger partial charge >= 0.3 is 0 Å². The monoisotopic (exact) mass is 441 g/mol. The van der Waals surface area contributed by atoms with Gasteiger partial charge in [-0.2, -0.15) is 4.31 Å². The number of fused-ring (bicyclic) bond motifs is 2. The lowest BCUT2D eigenvalue weighted by Gasteiger charge is -2.19. The van der Waals surface area contributed by atoms with Gasteiger partial charge in [-0.1, -0.05) is 23.7 Å². The van der Waals surface area contributed by atoms with E-state index in [1.165, 1.54) is 4.31 Å². The van der Waals surface area contributed by atoms with E-state index in [9.17, 15) is 13.2 Å². The molecule has 0 unspecified atom stereocenters. The van der Waals surface area contributed by atoms with Crippen LogP contribution in [0.2, 0.25) is 5.02 Å². The molecule has 1 aromatic carbocycles. The summed E-state index contributed by atoms with van der Waals surface area (Å²) in [6, 6.07) is 7.03. The third-order valence-electron chi connectivity index (χ3n) is 5.54. The summed E-state index contributed by atoms with van der Waals surface area (Å²) in [6.45, 7) is 2.71. The number of rotatable bonds is 4. The Labute approximate surface area is 174 Å². The lowest BCUT2D eigenvalue weighted by molar-refractivity contribution is -0.00461. The Hall–Kier alpha value is -1.65. The van der Waals surface area contributed by atoms with Gasteiger partial charge in [0.15, 0.2) is 0 Å². The maximum atomic E-state index is 12.8. The van der Waals surface area contributed by atoms with Crippen LogP contribution >= 0.6 is 11.6 Å². The number of benzene rings is 1. The lowest BCUT2D eigenvalue weighted by Crippen LogP contribution is -2.42. The third-order valence-corrected chi connectivity index (χ3v) is 7.66. The maximum absolute atomic E-state index is 12.8. The molecule has 3 heterocycles. The number of hydrogen-bond donors (Lipinski definition) is 1. The Balaban J connectivity index is 1.42. The quantitative estimate of drug-likeness (QED) is 0.774. The molecule has 29 heavy (non-hydrogen) atoms. The molecule has 2 fully saturated rings. The van der Waals surface area contributed by atoms with Crippen molar-refractivity contribution in [2.24, 2.45) is 7.05 Å². The van der Waals surface area contributed by atoms with Gasteiger partial charge in [0.05, 0.1) is 47.8 Å². The average Bonchev–Trinajstić information content (AvgIpc) is 3.21. The van der Waals surface area contributed by atoms with Crippen molar-refractivity contribution in [1.29, 1.82) is 0 Å². The van der Waals surface area contributed by atoms with Gasteiger partial charge in [-0.25, -0.2) is 8.42 Å². The minimum absolute atomic E-state index is 0.0557. The lowest BCUT2D eigenvalue weighted by atomic mass is 10.2. The summed E-state index contributed by atoms with van der Waals surface area (Å²) >= 11 is 6.26. The average molecular weight is 442 g/mol. The molecule has 0 aliphatic carbocycles. The standard InChI is InChI=1S/C19H24ClN3O5S/c1-3-29(25,26)23-8-16-17(9-23)28-11-13(10-27-16)21-19(24)15-7-12-5-4-6-14(20)18(12)22(15)2/h4-7,13,16-17H,3,8-11H2,1-2H3,(H,21,24)/t16-,17-/m0/s1. The highest BCUT2D eigenvalue weighted by molar-refractivity contribution is 7.89. The number of hydrogen-bond acceptors (Lipinski definition) is 5. The number of ether oxygens (including phenoxy) is 2.